The summed E-state index contributed by atoms with van der Waals surface area (Å²) < 4.78 is 5.29. The Morgan fingerprint density at radius 3 is 2.46 bits per heavy atom. The summed E-state index contributed by atoms with van der Waals surface area (Å²) >= 11 is 5.79. The molecule has 0 atom stereocenters. The van der Waals surface area contributed by atoms with Crippen molar-refractivity contribution in [1.82, 2.24) is 10.2 Å². The minimum absolute atomic E-state index is 0.0942. The number of nitrogens with zero attached hydrogens (tertiary/aromatic N) is 1. The van der Waals surface area contributed by atoms with Gasteiger partial charge in [-0.3, -0.25) is 14.5 Å². The minimum Gasteiger partial charge on any atom is -0.379 e. The molecule has 0 aliphatic carbocycles. The van der Waals surface area contributed by atoms with Crippen LogP contribution in [0.25, 0.3) is 0 Å². The van der Waals surface area contributed by atoms with E-state index >= 15 is 0 Å². The molecule has 6 nitrogen and oxygen atoms in total. The fourth-order valence-electron chi connectivity index (χ4n) is 2.43. The second-order valence-electron chi connectivity index (χ2n) is 5.71. The number of rotatable bonds is 8. The van der Waals surface area contributed by atoms with Gasteiger partial charge in [0.1, 0.15) is 0 Å². The van der Waals surface area contributed by atoms with Crippen LogP contribution < -0.4 is 10.6 Å². The molecule has 1 aliphatic rings. The van der Waals surface area contributed by atoms with Crippen molar-refractivity contribution < 1.29 is 14.3 Å². The summed E-state index contributed by atoms with van der Waals surface area (Å²) in [6.45, 7) is 5.08. The van der Waals surface area contributed by atoms with Gasteiger partial charge in [0.05, 0.1) is 13.2 Å². The second-order valence-corrected chi connectivity index (χ2v) is 6.15. The fraction of sp³-hybridized carbons (Fsp3) is 0.529. The summed E-state index contributed by atoms with van der Waals surface area (Å²) in [5.41, 5.74) is 0.676. The first-order chi connectivity index (χ1) is 11.6. The van der Waals surface area contributed by atoms with Crippen molar-refractivity contribution in [3.05, 3.63) is 29.3 Å². The van der Waals surface area contributed by atoms with E-state index < -0.39 is 0 Å². The van der Waals surface area contributed by atoms with E-state index in [2.05, 4.69) is 15.5 Å². The van der Waals surface area contributed by atoms with E-state index in [1.165, 1.54) is 0 Å². The highest BCUT2D eigenvalue weighted by Crippen LogP contribution is 2.13. The third-order valence-electron chi connectivity index (χ3n) is 3.78. The van der Waals surface area contributed by atoms with Gasteiger partial charge in [0, 0.05) is 43.2 Å². The van der Waals surface area contributed by atoms with Gasteiger partial charge in [0.15, 0.2) is 0 Å². The van der Waals surface area contributed by atoms with Gasteiger partial charge in [-0.25, -0.2) is 0 Å². The molecule has 0 saturated carbocycles. The van der Waals surface area contributed by atoms with Crippen molar-refractivity contribution in [1.29, 1.82) is 0 Å². The van der Waals surface area contributed by atoms with Gasteiger partial charge in [-0.05, 0) is 37.2 Å². The zero-order valence-corrected chi connectivity index (χ0v) is 14.5. The number of ether oxygens (including phenoxy) is 1. The Morgan fingerprint density at radius 2 is 1.75 bits per heavy atom. The van der Waals surface area contributed by atoms with E-state index in [4.69, 9.17) is 16.3 Å². The molecule has 132 valence electrons. The molecule has 2 rings (SSSR count). The van der Waals surface area contributed by atoms with Crippen LogP contribution in [-0.2, 0) is 14.3 Å². The van der Waals surface area contributed by atoms with Crippen LogP contribution in [0.4, 0.5) is 5.69 Å². The number of anilines is 1. The Bertz CT molecular complexity index is 530. The Labute approximate surface area is 147 Å². The van der Waals surface area contributed by atoms with Gasteiger partial charge >= 0.3 is 0 Å². The molecule has 0 radical (unpaired) electrons. The fourth-order valence-corrected chi connectivity index (χ4v) is 2.55. The summed E-state index contributed by atoms with van der Waals surface area (Å²) in [4.78, 5) is 25.9. The molecule has 1 aromatic carbocycles. The standard InChI is InChI=1S/C17H24ClN3O3/c18-14-2-4-15(5-3-14)20-17(23)7-6-16(22)19-8-1-9-21-10-12-24-13-11-21/h2-5H,1,6-13H2,(H,19,22)(H,20,23). The molecule has 1 aliphatic heterocycles. The van der Waals surface area contributed by atoms with Gasteiger partial charge < -0.3 is 15.4 Å². The summed E-state index contributed by atoms with van der Waals surface area (Å²) in [6.07, 6.45) is 1.26. The summed E-state index contributed by atoms with van der Waals surface area (Å²) in [5, 5.41) is 6.21. The maximum atomic E-state index is 11.8. The molecular weight excluding hydrogens is 330 g/mol. The molecule has 0 spiro atoms. The van der Waals surface area contributed by atoms with E-state index in [-0.39, 0.29) is 24.7 Å². The van der Waals surface area contributed by atoms with Crippen molar-refractivity contribution >= 4 is 29.1 Å². The monoisotopic (exact) mass is 353 g/mol. The smallest absolute Gasteiger partial charge is 0.224 e. The molecule has 0 unspecified atom stereocenters. The molecule has 0 aromatic heterocycles. The predicted octanol–water partition coefficient (Wildman–Crippen LogP) is 1.90. The number of carbonyl (C=O) groups excluding carboxylic acids is 2. The molecule has 1 saturated heterocycles. The zero-order chi connectivity index (χ0) is 17.2. The van der Waals surface area contributed by atoms with Crippen molar-refractivity contribution in [3.8, 4) is 0 Å². The molecule has 1 heterocycles. The van der Waals surface area contributed by atoms with Crippen LogP contribution in [0.1, 0.15) is 19.3 Å². The highest BCUT2D eigenvalue weighted by molar-refractivity contribution is 6.30. The van der Waals surface area contributed by atoms with E-state index in [0.717, 1.165) is 39.3 Å². The van der Waals surface area contributed by atoms with Crippen LogP contribution in [0, 0.1) is 0 Å². The lowest BCUT2D eigenvalue weighted by Crippen LogP contribution is -2.38. The van der Waals surface area contributed by atoms with Gasteiger partial charge in [-0.15, -0.1) is 0 Å². The highest BCUT2D eigenvalue weighted by Gasteiger charge is 2.10. The zero-order valence-electron chi connectivity index (χ0n) is 13.7. The van der Waals surface area contributed by atoms with E-state index in [1.807, 2.05) is 0 Å². The summed E-state index contributed by atoms with van der Waals surface area (Å²) in [7, 11) is 0. The van der Waals surface area contributed by atoms with Crippen LogP contribution in [0.5, 0.6) is 0 Å². The first-order valence-electron chi connectivity index (χ1n) is 8.26. The third-order valence-corrected chi connectivity index (χ3v) is 4.04. The molecule has 2 N–H and O–H groups in total. The van der Waals surface area contributed by atoms with Crippen LogP contribution >= 0.6 is 11.6 Å². The number of carbonyl (C=O) groups is 2. The summed E-state index contributed by atoms with van der Waals surface area (Å²) in [6, 6.07) is 6.87. The first kappa shape index (κ1) is 18.7. The Morgan fingerprint density at radius 1 is 1.08 bits per heavy atom. The quantitative estimate of drug-likeness (QED) is 0.700. The molecule has 1 fully saturated rings. The van der Waals surface area contributed by atoms with Crippen LogP contribution in [-0.4, -0.2) is 56.1 Å². The Balaban J connectivity index is 1.53. The molecule has 2 amide bonds. The highest BCUT2D eigenvalue weighted by atomic mass is 35.5. The lowest BCUT2D eigenvalue weighted by molar-refractivity contribution is -0.124. The van der Waals surface area contributed by atoms with E-state index in [0.29, 0.717) is 17.3 Å². The van der Waals surface area contributed by atoms with Crippen LogP contribution in [0.15, 0.2) is 24.3 Å². The van der Waals surface area contributed by atoms with Gasteiger partial charge in [-0.1, -0.05) is 11.6 Å². The first-order valence-corrected chi connectivity index (χ1v) is 8.63. The average molecular weight is 354 g/mol. The predicted molar refractivity (Wildman–Crippen MR) is 94.2 cm³/mol. The number of halogens is 1. The van der Waals surface area contributed by atoms with Crippen molar-refractivity contribution in [2.75, 3.05) is 44.7 Å². The number of benzene rings is 1. The number of hydrogen-bond donors (Lipinski definition) is 2. The average Bonchev–Trinajstić information content (AvgIpc) is 2.60. The molecule has 7 heteroatoms. The maximum Gasteiger partial charge on any atom is 0.224 e. The third kappa shape index (κ3) is 7.29. The molecular formula is C17H24ClN3O3. The number of morpholine rings is 1. The lowest BCUT2D eigenvalue weighted by atomic mass is 10.2. The van der Waals surface area contributed by atoms with Gasteiger partial charge in [0.2, 0.25) is 11.8 Å². The van der Waals surface area contributed by atoms with E-state index in [1.54, 1.807) is 24.3 Å². The normalized spacial score (nSPS) is 15.0. The second kappa shape index (κ2) is 10.3. The van der Waals surface area contributed by atoms with Crippen molar-refractivity contribution in [2.45, 2.75) is 19.3 Å². The molecule has 1 aromatic rings. The van der Waals surface area contributed by atoms with Crippen molar-refractivity contribution in [3.63, 3.8) is 0 Å². The largest absolute Gasteiger partial charge is 0.379 e. The lowest BCUT2D eigenvalue weighted by Gasteiger charge is -2.26. The van der Waals surface area contributed by atoms with Gasteiger partial charge in [0.25, 0.3) is 0 Å². The minimum atomic E-state index is -0.180. The van der Waals surface area contributed by atoms with E-state index in [9.17, 15) is 9.59 Å². The van der Waals surface area contributed by atoms with Crippen LogP contribution in [0.2, 0.25) is 5.02 Å². The molecule has 24 heavy (non-hydrogen) atoms. The van der Waals surface area contributed by atoms with Gasteiger partial charge in [-0.2, -0.15) is 0 Å². The maximum absolute atomic E-state index is 11.8. The molecule has 0 bridgehead atoms. The van der Waals surface area contributed by atoms with Crippen molar-refractivity contribution in [2.24, 2.45) is 0 Å². The Hall–Kier alpha value is -1.63. The number of nitrogens with one attached hydrogen (secondary N) is 2. The SMILES string of the molecule is O=C(CCC(=O)Nc1ccc(Cl)cc1)NCCCN1CCOCC1. The number of amides is 2. The Kier molecular flexibility index (Phi) is 8.01. The number of hydrogen-bond acceptors (Lipinski definition) is 4. The summed E-state index contributed by atoms with van der Waals surface area (Å²) in [5.74, 6) is -0.274. The van der Waals surface area contributed by atoms with Crippen LogP contribution in [0.3, 0.4) is 0 Å². The topological polar surface area (TPSA) is 70.7 Å².